The van der Waals surface area contributed by atoms with Crippen LogP contribution in [0, 0.1) is 18.8 Å². The summed E-state index contributed by atoms with van der Waals surface area (Å²) < 4.78 is 0. The van der Waals surface area contributed by atoms with Crippen molar-refractivity contribution in [1.29, 1.82) is 0 Å². The Morgan fingerprint density at radius 3 is 3.00 bits per heavy atom. The van der Waals surface area contributed by atoms with E-state index in [4.69, 9.17) is 5.73 Å². The molecule has 4 atom stereocenters. The molecule has 4 unspecified atom stereocenters. The molecule has 2 heterocycles. The average molecular weight is 189 g/mol. The van der Waals surface area contributed by atoms with E-state index in [-0.39, 0.29) is 0 Å². The molecular formula is C11H15N3. The summed E-state index contributed by atoms with van der Waals surface area (Å²) in [4.78, 5) is 4.55. The Kier molecular flexibility index (Phi) is 1.66. The van der Waals surface area contributed by atoms with Crippen molar-refractivity contribution in [3.63, 3.8) is 0 Å². The van der Waals surface area contributed by atoms with Gasteiger partial charge in [-0.1, -0.05) is 6.07 Å². The molecule has 3 nitrogen and oxygen atoms in total. The minimum atomic E-state index is 0.398. The highest BCUT2D eigenvalue weighted by molar-refractivity contribution is 5.23. The fourth-order valence-electron chi connectivity index (χ4n) is 2.61. The molecule has 2 fully saturated rings. The predicted molar refractivity (Wildman–Crippen MR) is 54.7 cm³/mol. The molecule has 0 radical (unpaired) electrons. The Morgan fingerprint density at radius 2 is 2.36 bits per heavy atom. The van der Waals surface area contributed by atoms with Gasteiger partial charge in [-0.15, -0.1) is 0 Å². The summed E-state index contributed by atoms with van der Waals surface area (Å²) in [7, 11) is 0. The number of hydrogen-bond donors (Lipinski definition) is 2. The van der Waals surface area contributed by atoms with Gasteiger partial charge in [0.15, 0.2) is 0 Å². The van der Waals surface area contributed by atoms with E-state index in [0.29, 0.717) is 23.9 Å². The van der Waals surface area contributed by atoms with Crippen molar-refractivity contribution >= 4 is 0 Å². The molecule has 0 spiro atoms. The molecule has 3 heteroatoms. The van der Waals surface area contributed by atoms with Crippen LogP contribution in [0.3, 0.4) is 0 Å². The van der Waals surface area contributed by atoms with Gasteiger partial charge >= 0.3 is 0 Å². The largest absolute Gasteiger partial charge is 0.327 e. The smallest absolute Gasteiger partial charge is 0.0579 e. The third-order valence-corrected chi connectivity index (χ3v) is 3.48. The van der Waals surface area contributed by atoms with Crippen LogP contribution in [0.1, 0.15) is 17.4 Å². The number of nitrogens with zero attached hydrogens (tertiary/aromatic N) is 1. The molecule has 3 N–H and O–H groups in total. The topological polar surface area (TPSA) is 50.9 Å². The van der Waals surface area contributed by atoms with Gasteiger partial charge in [-0.2, -0.15) is 0 Å². The van der Waals surface area contributed by atoms with Gasteiger partial charge in [0, 0.05) is 24.2 Å². The number of aryl methyl sites for hydroxylation is 1. The summed E-state index contributed by atoms with van der Waals surface area (Å²) >= 11 is 0. The molecular weight excluding hydrogens is 174 g/mol. The maximum Gasteiger partial charge on any atom is 0.0579 e. The first-order valence-electron chi connectivity index (χ1n) is 5.20. The van der Waals surface area contributed by atoms with E-state index in [0.717, 1.165) is 17.9 Å². The van der Waals surface area contributed by atoms with Crippen molar-refractivity contribution in [2.45, 2.75) is 19.0 Å². The molecule has 1 aromatic heterocycles. The second kappa shape index (κ2) is 2.78. The van der Waals surface area contributed by atoms with E-state index >= 15 is 0 Å². The number of nitrogens with one attached hydrogen (secondary N) is 1. The number of nitrogens with two attached hydrogens (primary N) is 1. The van der Waals surface area contributed by atoms with E-state index in [1.807, 2.05) is 13.0 Å². The van der Waals surface area contributed by atoms with Gasteiger partial charge in [0.1, 0.15) is 0 Å². The molecule has 1 aromatic rings. The van der Waals surface area contributed by atoms with Crippen LogP contribution in [0.15, 0.2) is 18.2 Å². The molecule has 74 valence electrons. The zero-order chi connectivity index (χ0) is 9.71. The quantitative estimate of drug-likeness (QED) is 0.680. The molecule has 1 aliphatic carbocycles. The van der Waals surface area contributed by atoms with Crippen LogP contribution in [-0.2, 0) is 0 Å². The number of hydrogen-bond acceptors (Lipinski definition) is 3. The Bertz CT molecular complexity index is 363. The van der Waals surface area contributed by atoms with Crippen LogP contribution in [0.4, 0.5) is 0 Å². The molecule has 1 aliphatic heterocycles. The van der Waals surface area contributed by atoms with Crippen LogP contribution in [0.25, 0.3) is 0 Å². The normalized spacial score (nSPS) is 39.6. The van der Waals surface area contributed by atoms with Gasteiger partial charge < -0.3 is 11.1 Å². The lowest BCUT2D eigenvalue weighted by Crippen LogP contribution is -2.26. The molecule has 1 saturated heterocycles. The lowest BCUT2D eigenvalue weighted by atomic mass is 10.1. The van der Waals surface area contributed by atoms with Crippen LogP contribution >= 0.6 is 0 Å². The first-order chi connectivity index (χ1) is 6.77. The number of rotatable bonds is 1. The van der Waals surface area contributed by atoms with Gasteiger partial charge in [-0.05, 0) is 25.0 Å². The standard InChI is InChI=1S/C11H15N3/c1-6-3-2-4-8(14-6)11-9-7(5-13-11)10(9)12/h2-4,7,9-11,13H,5,12H2,1H3. The Labute approximate surface area is 83.7 Å². The Morgan fingerprint density at radius 1 is 1.50 bits per heavy atom. The van der Waals surface area contributed by atoms with Crippen LogP contribution in [0.2, 0.25) is 0 Å². The zero-order valence-corrected chi connectivity index (χ0v) is 8.27. The molecule has 0 amide bonds. The van der Waals surface area contributed by atoms with Gasteiger partial charge in [-0.25, -0.2) is 0 Å². The monoisotopic (exact) mass is 189 g/mol. The lowest BCUT2D eigenvalue weighted by Gasteiger charge is -2.14. The molecule has 3 rings (SSSR count). The number of piperidine rings is 1. The van der Waals surface area contributed by atoms with E-state index in [1.54, 1.807) is 0 Å². The molecule has 0 bridgehead atoms. The van der Waals surface area contributed by atoms with Crippen molar-refractivity contribution in [3.8, 4) is 0 Å². The van der Waals surface area contributed by atoms with Gasteiger partial charge in [0.25, 0.3) is 0 Å². The number of aromatic nitrogens is 1. The highest BCUT2D eigenvalue weighted by Gasteiger charge is 2.56. The van der Waals surface area contributed by atoms with Crippen LogP contribution < -0.4 is 11.1 Å². The highest BCUT2D eigenvalue weighted by Crippen LogP contribution is 2.50. The van der Waals surface area contributed by atoms with E-state index in [1.165, 1.54) is 0 Å². The Balaban J connectivity index is 1.89. The highest BCUT2D eigenvalue weighted by atomic mass is 15.1. The molecule has 1 saturated carbocycles. The fourth-order valence-corrected chi connectivity index (χ4v) is 2.61. The van der Waals surface area contributed by atoms with Crippen molar-refractivity contribution < 1.29 is 0 Å². The summed E-state index contributed by atoms with van der Waals surface area (Å²) in [5, 5.41) is 3.49. The molecule has 14 heavy (non-hydrogen) atoms. The van der Waals surface area contributed by atoms with E-state index < -0.39 is 0 Å². The summed E-state index contributed by atoms with van der Waals surface area (Å²) in [6.45, 7) is 3.09. The predicted octanol–water partition coefficient (Wildman–Crippen LogP) is 0.608. The Hall–Kier alpha value is -0.930. The SMILES string of the molecule is Cc1cccc(C2NCC3C(N)C23)n1. The van der Waals surface area contributed by atoms with Crippen molar-refractivity contribution in [1.82, 2.24) is 10.3 Å². The maximum atomic E-state index is 5.97. The molecule has 2 aliphatic rings. The summed E-state index contributed by atoms with van der Waals surface area (Å²) in [5.41, 5.74) is 8.21. The first-order valence-corrected chi connectivity index (χ1v) is 5.20. The average Bonchev–Trinajstić information content (AvgIpc) is 2.64. The first kappa shape index (κ1) is 8.38. The lowest BCUT2D eigenvalue weighted by molar-refractivity contribution is 0.524. The second-order valence-electron chi connectivity index (χ2n) is 4.41. The third-order valence-electron chi connectivity index (χ3n) is 3.48. The number of pyridine rings is 1. The van der Waals surface area contributed by atoms with Crippen LogP contribution in [-0.4, -0.2) is 17.6 Å². The van der Waals surface area contributed by atoms with Crippen LogP contribution in [0.5, 0.6) is 0 Å². The third kappa shape index (κ3) is 1.09. The van der Waals surface area contributed by atoms with Crippen molar-refractivity contribution in [2.24, 2.45) is 17.6 Å². The number of fused-ring (bicyclic) bond motifs is 1. The van der Waals surface area contributed by atoms with Gasteiger partial charge in [-0.3, -0.25) is 4.98 Å². The second-order valence-corrected chi connectivity index (χ2v) is 4.41. The summed E-state index contributed by atoms with van der Waals surface area (Å²) in [5.74, 6) is 1.33. The minimum absolute atomic E-state index is 0.398. The van der Waals surface area contributed by atoms with Crippen molar-refractivity contribution in [2.75, 3.05) is 6.54 Å². The summed E-state index contributed by atoms with van der Waals surface area (Å²) in [6, 6.07) is 7.00. The maximum absolute atomic E-state index is 5.97. The van der Waals surface area contributed by atoms with Gasteiger partial charge in [0.05, 0.1) is 11.7 Å². The fraction of sp³-hybridized carbons (Fsp3) is 0.545. The van der Waals surface area contributed by atoms with Gasteiger partial charge in [0.2, 0.25) is 0 Å². The van der Waals surface area contributed by atoms with E-state index in [9.17, 15) is 0 Å². The van der Waals surface area contributed by atoms with E-state index in [2.05, 4.69) is 22.4 Å². The minimum Gasteiger partial charge on any atom is -0.327 e. The molecule has 0 aromatic carbocycles. The zero-order valence-electron chi connectivity index (χ0n) is 8.27. The summed E-state index contributed by atoms with van der Waals surface area (Å²) in [6.07, 6.45) is 0. The van der Waals surface area contributed by atoms with Crippen molar-refractivity contribution in [3.05, 3.63) is 29.6 Å².